The number of nitrogens with one attached hydrogen (secondary N) is 1. The van der Waals surface area contributed by atoms with E-state index in [0.29, 0.717) is 23.1 Å². The number of benzene rings is 1. The summed E-state index contributed by atoms with van der Waals surface area (Å²) in [6, 6.07) is 9.91. The molecular formula is C15H15ClN2O2. The fourth-order valence-corrected chi connectivity index (χ4v) is 2.42. The van der Waals surface area contributed by atoms with Crippen LogP contribution in [0.2, 0.25) is 5.02 Å². The lowest BCUT2D eigenvalue weighted by Gasteiger charge is -2.13. The Bertz CT molecular complexity index is 604. The van der Waals surface area contributed by atoms with Gasteiger partial charge in [0.15, 0.2) is 11.5 Å². The van der Waals surface area contributed by atoms with Crippen molar-refractivity contribution in [3.05, 3.63) is 52.8 Å². The Morgan fingerprint density at radius 1 is 1.35 bits per heavy atom. The molecule has 3 rings (SSSR count). The van der Waals surface area contributed by atoms with Gasteiger partial charge in [-0.15, -0.1) is 0 Å². The number of fused-ring (bicyclic) bond motifs is 1. The van der Waals surface area contributed by atoms with Crippen molar-refractivity contribution < 1.29 is 9.47 Å². The summed E-state index contributed by atoms with van der Waals surface area (Å²) in [5.41, 5.74) is 2.07. The van der Waals surface area contributed by atoms with Gasteiger partial charge >= 0.3 is 0 Å². The molecule has 0 saturated carbocycles. The van der Waals surface area contributed by atoms with E-state index in [1.54, 1.807) is 6.20 Å². The zero-order valence-electron chi connectivity index (χ0n) is 11.1. The number of ether oxygens (including phenoxy) is 2. The molecule has 0 radical (unpaired) electrons. The number of halogens is 1. The van der Waals surface area contributed by atoms with Crippen molar-refractivity contribution in [1.82, 2.24) is 10.3 Å². The van der Waals surface area contributed by atoms with Gasteiger partial charge in [0.25, 0.3) is 0 Å². The van der Waals surface area contributed by atoms with E-state index < -0.39 is 0 Å². The minimum absolute atomic E-state index is 0.167. The molecule has 2 heterocycles. The molecule has 1 aromatic heterocycles. The van der Waals surface area contributed by atoms with Gasteiger partial charge < -0.3 is 14.8 Å². The lowest BCUT2D eigenvalue weighted by Crippen LogP contribution is -2.18. The predicted molar refractivity (Wildman–Crippen MR) is 77.1 cm³/mol. The minimum atomic E-state index is 0.167. The third kappa shape index (κ3) is 2.71. The maximum atomic E-state index is 6.16. The summed E-state index contributed by atoms with van der Waals surface area (Å²) in [6.07, 6.45) is 1.80. The SMILES string of the molecule is C[C@H](NCc1cc(Cl)c2c(c1)OCO2)c1ccccn1. The van der Waals surface area contributed by atoms with Crippen LogP contribution in [0.1, 0.15) is 24.2 Å². The first-order valence-corrected chi connectivity index (χ1v) is 6.84. The summed E-state index contributed by atoms with van der Waals surface area (Å²) in [5, 5.41) is 4.00. The molecule has 0 unspecified atom stereocenters. The van der Waals surface area contributed by atoms with Crippen molar-refractivity contribution in [2.24, 2.45) is 0 Å². The van der Waals surface area contributed by atoms with Gasteiger partial charge in [-0.25, -0.2) is 0 Å². The number of rotatable bonds is 4. The highest BCUT2D eigenvalue weighted by molar-refractivity contribution is 6.32. The van der Waals surface area contributed by atoms with Crippen LogP contribution in [0, 0.1) is 0 Å². The Labute approximate surface area is 122 Å². The molecule has 20 heavy (non-hydrogen) atoms. The lowest BCUT2D eigenvalue weighted by molar-refractivity contribution is 0.174. The van der Waals surface area contributed by atoms with Crippen LogP contribution >= 0.6 is 11.6 Å². The molecule has 0 bridgehead atoms. The van der Waals surface area contributed by atoms with E-state index in [1.165, 1.54) is 0 Å². The van der Waals surface area contributed by atoms with Gasteiger partial charge in [0, 0.05) is 18.8 Å². The molecule has 4 nitrogen and oxygen atoms in total. The molecule has 0 aliphatic carbocycles. The van der Waals surface area contributed by atoms with Gasteiger partial charge in [0.1, 0.15) is 0 Å². The van der Waals surface area contributed by atoms with Gasteiger partial charge in [0.2, 0.25) is 6.79 Å². The highest BCUT2D eigenvalue weighted by Crippen LogP contribution is 2.39. The summed E-state index contributed by atoms with van der Waals surface area (Å²) < 4.78 is 10.7. The number of aromatic nitrogens is 1. The van der Waals surface area contributed by atoms with Crippen molar-refractivity contribution in [2.45, 2.75) is 19.5 Å². The number of hydrogen-bond donors (Lipinski definition) is 1. The first-order valence-electron chi connectivity index (χ1n) is 6.46. The zero-order chi connectivity index (χ0) is 13.9. The van der Waals surface area contributed by atoms with Crippen LogP contribution in [-0.2, 0) is 6.54 Å². The molecule has 1 aliphatic rings. The average molecular weight is 291 g/mol. The first-order chi connectivity index (χ1) is 9.74. The van der Waals surface area contributed by atoms with Crippen molar-refractivity contribution in [1.29, 1.82) is 0 Å². The predicted octanol–water partition coefficient (Wildman–Crippen LogP) is 3.31. The third-order valence-corrected chi connectivity index (χ3v) is 3.51. The summed E-state index contributed by atoms with van der Waals surface area (Å²) in [7, 11) is 0. The third-order valence-electron chi connectivity index (χ3n) is 3.23. The molecule has 104 valence electrons. The van der Waals surface area contributed by atoms with Crippen molar-refractivity contribution in [3.63, 3.8) is 0 Å². The Hall–Kier alpha value is -1.78. The van der Waals surface area contributed by atoms with Crippen LogP contribution in [0.3, 0.4) is 0 Å². The maximum absolute atomic E-state index is 6.16. The van der Waals surface area contributed by atoms with E-state index in [-0.39, 0.29) is 12.8 Å². The molecule has 0 fully saturated rings. The smallest absolute Gasteiger partial charge is 0.231 e. The Morgan fingerprint density at radius 2 is 2.25 bits per heavy atom. The summed E-state index contributed by atoms with van der Waals surface area (Å²) in [4.78, 5) is 4.33. The van der Waals surface area contributed by atoms with Crippen LogP contribution in [0.5, 0.6) is 11.5 Å². The molecule has 1 N–H and O–H groups in total. The average Bonchev–Trinajstić information content (AvgIpc) is 2.94. The molecule has 1 atom stereocenters. The van der Waals surface area contributed by atoms with E-state index in [4.69, 9.17) is 21.1 Å². The van der Waals surface area contributed by atoms with Crippen molar-refractivity contribution >= 4 is 11.6 Å². The molecule has 2 aromatic rings. The van der Waals surface area contributed by atoms with Crippen LogP contribution in [0.15, 0.2) is 36.5 Å². The van der Waals surface area contributed by atoms with Gasteiger partial charge in [-0.2, -0.15) is 0 Å². The van der Waals surface area contributed by atoms with Gasteiger partial charge in [-0.1, -0.05) is 17.7 Å². The second-order valence-electron chi connectivity index (χ2n) is 4.67. The fraction of sp³-hybridized carbons (Fsp3) is 0.267. The number of nitrogens with zero attached hydrogens (tertiary/aromatic N) is 1. The van der Waals surface area contributed by atoms with Crippen molar-refractivity contribution in [3.8, 4) is 11.5 Å². The van der Waals surface area contributed by atoms with Gasteiger partial charge in [-0.05, 0) is 36.8 Å². The van der Waals surface area contributed by atoms with Gasteiger partial charge in [-0.3, -0.25) is 4.98 Å². The van der Waals surface area contributed by atoms with Crippen LogP contribution in [0.4, 0.5) is 0 Å². The maximum Gasteiger partial charge on any atom is 0.231 e. The van der Waals surface area contributed by atoms with Crippen LogP contribution < -0.4 is 14.8 Å². The molecule has 5 heteroatoms. The van der Waals surface area contributed by atoms with Crippen LogP contribution in [-0.4, -0.2) is 11.8 Å². The summed E-state index contributed by atoms with van der Waals surface area (Å²) in [6.45, 7) is 3.00. The highest BCUT2D eigenvalue weighted by atomic mass is 35.5. The number of hydrogen-bond acceptors (Lipinski definition) is 4. The topological polar surface area (TPSA) is 43.4 Å². The summed E-state index contributed by atoms with van der Waals surface area (Å²) >= 11 is 6.16. The van der Waals surface area contributed by atoms with E-state index in [2.05, 4.69) is 17.2 Å². The normalized spacial score (nSPS) is 14.3. The first kappa shape index (κ1) is 13.2. The van der Waals surface area contributed by atoms with Crippen LogP contribution in [0.25, 0.3) is 0 Å². The zero-order valence-corrected chi connectivity index (χ0v) is 11.9. The Balaban J connectivity index is 1.68. The Kier molecular flexibility index (Phi) is 3.76. The highest BCUT2D eigenvalue weighted by Gasteiger charge is 2.18. The molecule has 0 spiro atoms. The van der Waals surface area contributed by atoms with E-state index in [0.717, 1.165) is 11.3 Å². The van der Waals surface area contributed by atoms with E-state index in [1.807, 2.05) is 30.3 Å². The van der Waals surface area contributed by atoms with E-state index >= 15 is 0 Å². The molecular weight excluding hydrogens is 276 g/mol. The van der Waals surface area contributed by atoms with Gasteiger partial charge in [0.05, 0.1) is 10.7 Å². The van der Waals surface area contributed by atoms with E-state index in [9.17, 15) is 0 Å². The lowest BCUT2D eigenvalue weighted by atomic mass is 10.1. The fourth-order valence-electron chi connectivity index (χ4n) is 2.13. The second kappa shape index (κ2) is 5.69. The largest absolute Gasteiger partial charge is 0.454 e. The quantitative estimate of drug-likeness (QED) is 0.938. The Morgan fingerprint density at radius 3 is 3.05 bits per heavy atom. The second-order valence-corrected chi connectivity index (χ2v) is 5.08. The molecule has 1 aromatic carbocycles. The molecule has 1 aliphatic heterocycles. The molecule has 0 amide bonds. The summed E-state index contributed by atoms with van der Waals surface area (Å²) in [5.74, 6) is 1.34. The molecule has 0 saturated heterocycles. The number of pyridine rings is 1. The standard InChI is InChI=1S/C15H15ClN2O2/c1-10(13-4-2-3-5-17-13)18-8-11-6-12(16)15-14(7-11)19-9-20-15/h2-7,10,18H,8-9H2,1H3/t10-/m0/s1. The van der Waals surface area contributed by atoms with Crippen molar-refractivity contribution in [2.75, 3.05) is 6.79 Å². The minimum Gasteiger partial charge on any atom is -0.454 e. The monoisotopic (exact) mass is 290 g/mol.